The molecule has 0 fully saturated rings. The van der Waals surface area contributed by atoms with E-state index >= 15 is 0 Å². The van der Waals surface area contributed by atoms with Crippen LogP contribution in [0.15, 0.2) is 28.3 Å². The van der Waals surface area contributed by atoms with Gasteiger partial charge in [-0.1, -0.05) is 36.4 Å². The van der Waals surface area contributed by atoms with Crippen molar-refractivity contribution in [3.05, 3.63) is 39.5 Å². The minimum atomic E-state index is -0.284. The number of H-pyrrole nitrogens is 1. The Labute approximate surface area is 141 Å². The highest BCUT2D eigenvalue weighted by atomic mass is 35.5. The number of aromatic nitrogens is 5. The van der Waals surface area contributed by atoms with Crippen molar-refractivity contribution in [2.24, 2.45) is 0 Å². The molecule has 9 heteroatoms. The van der Waals surface area contributed by atoms with E-state index in [0.717, 1.165) is 17.7 Å². The minimum Gasteiger partial charge on any atom is -0.382 e. The molecule has 0 aliphatic rings. The molecule has 0 aliphatic carbocycles. The van der Waals surface area contributed by atoms with Crippen molar-refractivity contribution in [3.63, 3.8) is 0 Å². The Balaban J connectivity index is 2.04. The van der Waals surface area contributed by atoms with E-state index < -0.39 is 0 Å². The molecule has 0 atom stereocenters. The van der Waals surface area contributed by atoms with Gasteiger partial charge in [0.05, 0.1) is 6.54 Å². The van der Waals surface area contributed by atoms with Crippen molar-refractivity contribution in [2.75, 3.05) is 11.5 Å². The first kappa shape index (κ1) is 15.8. The molecule has 3 heterocycles. The number of nitrogens with two attached hydrogens (primary N) is 1. The van der Waals surface area contributed by atoms with Crippen molar-refractivity contribution in [3.8, 4) is 0 Å². The van der Waals surface area contributed by atoms with Gasteiger partial charge in [-0.25, -0.2) is 19.7 Å². The number of pyridine rings is 1. The van der Waals surface area contributed by atoms with E-state index in [4.69, 9.17) is 17.3 Å². The van der Waals surface area contributed by atoms with Crippen LogP contribution in [0.3, 0.4) is 0 Å². The molecule has 0 saturated heterocycles. The van der Waals surface area contributed by atoms with Crippen LogP contribution < -0.4 is 11.4 Å². The predicted octanol–water partition coefficient (Wildman–Crippen LogP) is 2.30. The van der Waals surface area contributed by atoms with E-state index in [-0.39, 0.29) is 11.5 Å². The van der Waals surface area contributed by atoms with E-state index in [9.17, 15) is 4.79 Å². The number of halogens is 1. The zero-order valence-corrected chi connectivity index (χ0v) is 14.0. The lowest BCUT2D eigenvalue weighted by atomic mass is 10.3. The monoisotopic (exact) mass is 350 g/mol. The van der Waals surface area contributed by atoms with Gasteiger partial charge in [0.1, 0.15) is 10.7 Å². The molecule has 3 rings (SSSR count). The molecule has 0 unspecified atom stereocenters. The molecule has 0 aliphatic heterocycles. The summed E-state index contributed by atoms with van der Waals surface area (Å²) in [7, 11) is 0. The van der Waals surface area contributed by atoms with Crippen LogP contribution in [0, 0.1) is 0 Å². The number of thioether (sulfide) groups is 1. The summed E-state index contributed by atoms with van der Waals surface area (Å²) in [6.07, 6.45) is 2.63. The van der Waals surface area contributed by atoms with Crippen LogP contribution in [-0.2, 0) is 6.54 Å². The van der Waals surface area contributed by atoms with E-state index in [0.29, 0.717) is 28.0 Å². The van der Waals surface area contributed by atoms with Crippen molar-refractivity contribution in [1.29, 1.82) is 0 Å². The molecule has 0 radical (unpaired) electrons. The molecule has 3 aromatic rings. The maximum Gasteiger partial charge on any atom is 0.328 e. The first-order valence-electron chi connectivity index (χ1n) is 7.07. The lowest BCUT2D eigenvalue weighted by Crippen LogP contribution is -2.17. The Morgan fingerprint density at radius 3 is 2.91 bits per heavy atom. The Bertz CT molecular complexity index is 889. The third kappa shape index (κ3) is 3.32. The second kappa shape index (κ2) is 6.59. The normalized spacial score (nSPS) is 11.2. The molecular formula is C14H15ClN6OS. The van der Waals surface area contributed by atoms with Crippen LogP contribution in [-0.4, -0.2) is 30.3 Å². The summed E-state index contributed by atoms with van der Waals surface area (Å²) in [5, 5.41) is 0.976. The number of anilines is 1. The average molecular weight is 351 g/mol. The Hall–Kier alpha value is -2.06. The molecule has 0 aromatic carbocycles. The summed E-state index contributed by atoms with van der Waals surface area (Å²) in [5.41, 5.74) is 7.46. The molecule has 0 spiro atoms. The molecule has 7 nitrogen and oxygen atoms in total. The Morgan fingerprint density at radius 1 is 1.39 bits per heavy atom. The number of aromatic amines is 1. The van der Waals surface area contributed by atoms with Gasteiger partial charge in [0.15, 0.2) is 16.6 Å². The van der Waals surface area contributed by atoms with Crippen molar-refractivity contribution < 1.29 is 0 Å². The average Bonchev–Trinajstić information content (AvgIpc) is 2.84. The molecule has 3 aromatic heterocycles. The third-order valence-electron chi connectivity index (χ3n) is 3.19. The van der Waals surface area contributed by atoms with Gasteiger partial charge in [-0.3, -0.25) is 4.57 Å². The summed E-state index contributed by atoms with van der Waals surface area (Å²) in [6.45, 7) is 2.41. The van der Waals surface area contributed by atoms with E-state index in [2.05, 4.69) is 26.9 Å². The summed E-state index contributed by atoms with van der Waals surface area (Å²) in [6, 6.07) is 3.50. The SMILES string of the molecule is CCCSc1nc(N)c2[nH]c(=O)n(Cc3ccc(Cl)nc3)c2n1. The number of hydrogen-bond donors (Lipinski definition) is 2. The van der Waals surface area contributed by atoms with E-state index in [1.54, 1.807) is 12.3 Å². The number of nitrogen functional groups attached to an aromatic ring is 1. The smallest absolute Gasteiger partial charge is 0.328 e. The highest BCUT2D eigenvalue weighted by molar-refractivity contribution is 7.99. The van der Waals surface area contributed by atoms with Gasteiger partial charge in [0.25, 0.3) is 0 Å². The van der Waals surface area contributed by atoms with E-state index in [1.165, 1.54) is 16.3 Å². The van der Waals surface area contributed by atoms with Gasteiger partial charge < -0.3 is 10.7 Å². The highest BCUT2D eigenvalue weighted by Gasteiger charge is 2.14. The van der Waals surface area contributed by atoms with Gasteiger partial charge in [-0.15, -0.1) is 0 Å². The minimum absolute atomic E-state index is 0.277. The topological polar surface area (TPSA) is 102 Å². The fourth-order valence-corrected chi connectivity index (χ4v) is 2.93. The fraction of sp³-hybridized carbons (Fsp3) is 0.286. The maximum atomic E-state index is 12.2. The standard InChI is InChI=1S/C14H15ClN6OS/c1-2-5-23-13-19-11(16)10-12(20-13)21(14(22)18-10)7-8-3-4-9(15)17-6-8/h3-4,6H,2,5,7H2,1H3,(H,18,22)(H2,16,19,20). The van der Waals surface area contributed by atoms with Gasteiger partial charge in [-0.05, 0) is 18.1 Å². The summed E-state index contributed by atoms with van der Waals surface area (Å²) in [5.74, 6) is 1.17. The first-order chi connectivity index (χ1) is 11.1. The van der Waals surface area contributed by atoms with Crippen molar-refractivity contribution in [1.82, 2.24) is 24.5 Å². The van der Waals surface area contributed by atoms with Crippen LogP contribution in [0.25, 0.3) is 11.2 Å². The molecule has 0 saturated carbocycles. The van der Waals surface area contributed by atoms with Gasteiger partial charge >= 0.3 is 5.69 Å². The molecule has 3 N–H and O–H groups in total. The number of nitrogens with one attached hydrogen (secondary N) is 1. The van der Waals surface area contributed by atoms with Crippen LogP contribution in [0.5, 0.6) is 0 Å². The third-order valence-corrected chi connectivity index (χ3v) is 4.47. The van der Waals surface area contributed by atoms with Crippen LogP contribution >= 0.6 is 23.4 Å². The molecule has 23 heavy (non-hydrogen) atoms. The summed E-state index contributed by atoms with van der Waals surface area (Å²) in [4.78, 5) is 27.6. The quantitative estimate of drug-likeness (QED) is 0.416. The van der Waals surface area contributed by atoms with Crippen LogP contribution in [0.4, 0.5) is 5.82 Å². The number of imidazole rings is 1. The zero-order valence-electron chi connectivity index (χ0n) is 12.4. The van der Waals surface area contributed by atoms with Gasteiger partial charge in [0.2, 0.25) is 0 Å². The number of rotatable bonds is 5. The highest BCUT2D eigenvalue weighted by Crippen LogP contribution is 2.21. The Kier molecular flexibility index (Phi) is 4.53. The molecular weight excluding hydrogens is 336 g/mol. The molecule has 0 bridgehead atoms. The van der Waals surface area contributed by atoms with Crippen LogP contribution in [0.2, 0.25) is 5.15 Å². The second-order valence-electron chi connectivity index (χ2n) is 4.94. The van der Waals surface area contributed by atoms with Gasteiger partial charge in [0, 0.05) is 11.9 Å². The zero-order chi connectivity index (χ0) is 16.4. The fourth-order valence-electron chi connectivity index (χ4n) is 2.12. The lowest BCUT2D eigenvalue weighted by Gasteiger charge is -2.05. The lowest BCUT2D eigenvalue weighted by molar-refractivity contribution is 0.768. The maximum absolute atomic E-state index is 12.2. The van der Waals surface area contributed by atoms with E-state index in [1.807, 2.05) is 6.07 Å². The van der Waals surface area contributed by atoms with Gasteiger partial charge in [-0.2, -0.15) is 0 Å². The van der Waals surface area contributed by atoms with Crippen LogP contribution in [0.1, 0.15) is 18.9 Å². The first-order valence-corrected chi connectivity index (χ1v) is 8.44. The second-order valence-corrected chi connectivity index (χ2v) is 6.39. The Morgan fingerprint density at radius 2 is 2.22 bits per heavy atom. The van der Waals surface area contributed by atoms with Crippen molar-refractivity contribution in [2.45, 2.75) is 25.0 Å². The largest absolute Gasteiger partial charge is 0.382 e. The molecule has 0 amide bonds. The number of fused-ring (bicyclic) bond motifs is 1. The molecule has 120 valence electrons. The summed E-state index contributed by atoms with van der Waals surface area (Å²) < 4.78 is 1.52. The predicted molar refractivity (Wildman–Crippen MR) is 91.9 cm³/mol. The number of hydrogen-bond acceptors (Lipinski definition) is 6. The summed E-state index contributed by atoms with van der Waals surface area (Å²) >= 11 is 7.30. The number of nitrogens with zero attached hydrogens (tertiary/aromatic N) is 4. The van der Waals surface area contributed by atoms with Crippen molar-refractivity contribution >= 4 is 40.3 Å².